The molecular weight excluding hydrogens is 250 g/mol. The van der Waals surface area contributed by atoms with E-state index in [4.69, 9.17) is 5.53 Å². The third-order valence-electron chi connectivity index (χ3n) is 5.06. The predicted molar refractivity (Wildman–Crippen MR) is 81.3 cm³/mol. The van der Waals surface area contributed by atoms with Crippen LogP contribution in [-0.2, 0) is 0 Å². The standard InChI is InChI=1S/C15H23N5/c1-19-10-2-7-15(19)8-11-20(12-9-15)14-5-3-13(4-6-14)17-18-16/h3-6H,2,7-12H2,1H3,(H2,16,17). The molecule has 0 radical (unpaired) electrons. The van der Waals surface area contributed by atoms with Crippen molar-refractivity contribution in [1.29, 1.82) is 5.53 Å². The molecule has 2 aliphatic rings. The van der Waals surface area contributed by atoms with Gasteiger partial charge in [-0.25, -0.2) is 0 Å². The monoisotopic (exact) mass is 273 g/mol. The Morgan fingerprint density at radius 1 is 1.10 bits per heavy atom. The number of hydrogen-bond donors (Lipinski definition) is 2. The Labute approximate surface area is 120 Å². The molecule has 2 heterocycles. The van der Waals surface area contributed by atoms with Crippen molar-refractivity contribution in [1.82, 2.24) is 4.90 Å². The van der Waals surface area contributed by atoms with Gasteiger partial charge in [0.1, 0.15) is 0 Å². The van der Waals surface area contributed by atoms with E-state index in [1.54, 1.807) is 0 Å². The number of likely N-dealkylation sites (tertiary alicyclic amines) is 1. The molecule has 0 saturated carbocycles. The molecule has 0 aromatic heterocycles. The highest BCUT2D eigenvalue weighted by Gasteiger charge is 2.40. The first-order chi connectivity index (χ1) is 9.73. The maximum atomic E-state index is 6.80. The average Bonchev–Trinajstić information content (AvgIpc) is 2.82. The van der Waals surface area contributed by atoms with Crippen molar-refractivity contribution in [2.45, 2.75) is 31.2 Å². The van der Waals surface area contributed by atoms with Gasteiger partial charge in [0.2, 0.25) is 0 Å². The fraction of sp³-hybridized carbons (Fsp3) is 0.600. The van der Waals surface area contributed by atoms with Crippen LogP contribution in [0.2, 0.25) is 0 Å². The highest BCUT2D eigenvalue weighted by molar-refractivity contribution is 5.55. The van der Waals surface area contributed by atoms with Gasteiger partial charge in [0, 0.05) is 24.3 Å². The summed E-state index contributed by atoms with van der Waals surface area (Å²) in [6.45, 7) is 3.54. The Kier molecular flexibility index (Phi) is 3.61. The number of anilines is 2. The van der Waals surface area contributed by atoms with Gasteiger partial charge in [0.05, 0.1) is 5.69 Å². The zero-order valence-electron chi connectivity index (χ0n) is 12.1. The van der Waals surface area contributed by atoms with Crippen molar-refractivity contribution < 1.29 is 0 Å². The largest absolute Gasteiger partial charge is 0.371 e. The minimum atomic E-state index is 0.474. The SMILES string of the molecule is CN1CCCC12CCN(c1ccc(NN=N)cc1)CC2. The number of benzene rings is 1. The van der Waals surface area contributed by atoms with Gasteiger partial charge in [-0.3, -0.25) is 5.43 Å². The minimum absolute atomic E-state index is 0.474. The molecule has 2 fully saturated rings. The first-order valence-corrected chi connectivity index (χ1v) is 7.42. The quantitative estimate of drug-likeness (QED) is 0.657. The molecule has 2 aliphatic heterocycles. The molecule has 0 bridgehead atoms. The van der Waals surface area contributed by atoms with Crippen LogP contribution in [0.5, 0.6) is 0 Å². The van der Waals surface area contributed by atoms with Crippen LogP contribution in [0.3, 0.4) is 0 Å². The molecule has 5 nitrogen and oxygen atoms in total. The molecule has 1 spiro atoms. The summed E-state index contributed by atoms with van der Waals surface area (Å²) in [4.78, 5) is 5.05. The van der Waals surface area contributed by atoms with Crippen LogP contribution >= 0.6 is 0 Å². The molecule has 0 atom stereocenters. The van der Waals surface area contributed by atoms with Crippen molar-refractivity contribution in [3.05, 3.63) is 24.3 Å². The molecule has 108 valence electrons. The fourth-order valence-electron chi connectivity index (χ4n) is 3.70. The van der Waals surface area contributed by atoms with Crippen LogP contribution in [0.25, 0.3) is 0 Å². The summed E-state index contributed by atoms with van der Waals surface area (Å²) in [6.07, 6.45) is 5.26. The van der Waals surface area contributed by atoms with Gasteiger partial charge < -0.3 is 9.80 Å². The van der Waals surface area contributed by atoms with Gasteiger partial charge in [-0.15, -0.1) is 0 Å². The lowest BCUT2D eigenvalue weighted by molar-refractivity contribution is 0.137. The second-order valence-corrected chi connectivity index (χ2v) is 6.01. The van der Waals surface area contributed by atoms with Gasteiger partial charge in [-0.2, -0.15) is 5.53 Å². The molecular formula is C15H23N5. The Balaban J connectivity index is 1.64. The summed E-state index contributed by atoms with van der Waals surface area (Å²) in [6, 6.07) is 8.20. The summed E-state index contributed by atoms with van der Waals surface area (Å²) < 4.78 is 0. The van der Waals surface area contributed by atoms with Gasteiger partial charge in [-0.05, 0) is 63.5 Å². The van der Waals surface area contributed by atoms with E-state index in [9.17, 15) is 0 Å². The highest BCUT2D eigenvalue weighted by Crippen LogP contribution is 2.38. The number of rotatable bonds is 3. The normalized spacial score (nSPS) is 22.1. The summed E-state index contributed by atoms with van der Waals surface area (Å²) in [5.41, 5.74) is 12.1. The van der Waals surface area contributed by atoms with Crippen molar-refractivity contribution in [2.75, 3.05) is 37.0 Å². The maximum absolute atomic E-state index is 6.80. The van der Waals surface area contributed by atoms with Crippen molar-refractivity contribution in [3.63, 3.8) is 0 Å². The Morgan fingerprint density at radius 2 is 1.80 bits per heavy atom. The van der Waals surface area contributed by atoms with E-state index in [0.29, 0.717) is 5.54 Å². The van der Waals surface area contributed by atoms with Crippen LogP contribution in [0.4, 0.5) is 11.4 Å². The second kappa shape index (κ2) is 5.40. The van der Waals surface area contributed by atoms with E-state index in [-0.39, 0.29) is 0 Å². The van der Waals surface area contributed by atoms with Crippen molar-refractivity contribution >= 4 is 11.4 Å². The van der Waals surface area contributed by atoms with Gasteiger partial charge >= 0.3 is 0 Å². The summed E-state index contributed by atoms with van der Waals surface area (Å²) in [5, 5.41) is 3.19. The minimum Gasteiger partial charge on any atom is -0.371 e. The first kappa shape index (κ1) is 13.4. The fourth-order valence-corrected chi connectivity index (χ4v) is 3.70. The first-order valence-electron chi connectivity index (χ1n) is 7.42. The van der Waals surface area contributed by atoms with Crippen LogP contribution in [0, 0.1) is 5.53 Å². The van der Waals surface area contributed by atoms with Gasteiger partial charge in [0.15, 0.2) is 0 Å². The van der Waals surface area contributed by atoms with E-state index in [2.05, 4.69) is 39.6 Å². The number of piperidine rings is 1. The number of hydrogen-bond acceptors (Lipinski definition) is 4. The highest BCUT2D eigenvalue weighted by atomic mass is 15.4. The molecule has 1 aromatic carbocycles. The Morgan fingerprint density at radius 3 is 2.35 bits per heavy atom. The smallest absolute Gasteiger partial charge is 0.0580 e. The summed E-state index contributed by atoms with van der Waals surface area (Å²) in [7, 11) is 2.29. The molecule has 3 rings (SSSR count). The van der Waals surface area contributed by atoms with Crippen LogP contribution in [0.15, 0.2) is 29.5 Å². The number of nitrogens with zero attached hydrogens (tertiary/aromatic N) is 3. The van der Waals surface area contributed by atoms with Crippen LogP contribution in [-0.4, -0.2) is 37.1 Å². The Hall–Kier alpha value is -1.62. The third-order valence-corrected chi connectivity index (χ3v) is 5.06. The van der Waals surface area contributed by atoms with E-state index in [1.807, 2.05) is 12.1 Å². The van der Waals surface area contributed by atoms with Crippen molar-refractivity contribution in [3.8, 4) is 0 Å². The molecule has 0 amide bonds. The maximum Gasteiger partial charge on any atom is 0.0580 e. The summed E-state index contributed by atoms with van der Waals surface area (Å²) in [5.74, 6) is 0. The van der Waals surface area contributed by atoms with Crippen molar-refractivity contribution in [2.24, 2.45) is 5.22 Å². The molecule has 1 aromatic rings. The molecule has 20 heavy (non-hydrogen) atoms. The van der Waals surface area contributed by atoms with E-state index in [0.717, 1.165) is 18.8 Å². The number of nitrogens with one attached hydrogen (secondary N) is 2. The molecule has 0 aliphatic carbocycles. The molecule has 5 heteroatoms. The third kappa shape index (κ3) is 2.38. The van der Waals surface area contributed by atoms with Gasteiger partial charge in [-0.1, -0.05) is 5.22 Å². The van der Waals surface area contributed by atoms with Crippen LogP contribution < -0.4 is 10.3 Å². The zero-order valence-corrected chi connectivity index (χ0v) is 12.1. The average molecular weight is 273 g/mol. The molecule has 2 N–H and O–H groups in total. The second-order valence-electron chi connectivity index (χ2n) is 6.01. The zero-order chi connectivity index (χ0) is 14.0. The predicted octanol–water partition coefficient (Wildman–Crippen LogP) is 3.11. The molecule has 2 saturated heterocycles. The van der Waals surface area contributed by atoms with E-state index >= 15 is 0 Å². The lowest BCUT2D eigenvalue weighted by Crippen LogP contribution is -2.50. The molecule has 0 unspecified atom stereocenters. The van der Waals surface area contributed by atoms with E-state index in [1.165, 1.54) is 37.9 Å². The lowest BCUT2D eigenvalue weighted by Gasteiger charge is -2.44. The summed E-state index contributed by atoms with van der Waals surface area (Å²) >= 11 is 0. The van der Waals surface area contributed by atoms with Gasteiger partial charge in [0.25, 0.3) is 0 Å². The van der Waals surface area contributed by atoms with Crippen LogP contribution in [0.1, 0.15) is 25.7 Å². The topological polar surface area (TPSA) is 54.7 Å². The van der Waals surface area contributed by atoms with E-state index < -0.39 is 0 Å². The Bertz CT molecular complexity index is 462. The lowest BCUT2D eigenvalue weighted by atomic mass is 9.85.